The third kappa shape index (κ3) is 13.9. The van der Waals surface area contributed by atoms with Gasteiger partial charge in [0.2, 0.25) is 0 Å². The molecule has 0 aliphatic carbocycles. The van der Waals surface area contributed by atoms with Gasteiger partial charge in [-0.05, 0) is 66.6 Å². The first-order chi connectivity index (χ1) is 31.7. The molecule has 6 nitrogen and oxygen atoms in total. The number of rotatable bonds is 10. The molecule has 0 amide bonds. The Bertz CT molecular complexity index is 2880. The molecule has 0 spiro atoms. The maximum Gasteiger partial charge on any atom is 4.00 e. The van der Waals surface area contributed by atoms with Crippen LogP contribution in [0.15, 0.2) is 217 Å². The molecule has 1 aromatic heterocycles. The summed E-state index contributed by atoms with van der Waals surface area (Å²) in [4.78, 5) is 40.0. The molecular formula is C59H49N3O3Zr. The second kappa shape index (κ2) is 25.3. The molecule has 8 aromatic carbocycles. The number of pyridine rings is 1. The Labute approximate surface area is 407 Å². The Morgan fingerprint density at radius 1 is 0.515 bits per heavy atom. The van der Waals surface area contributed by atoms with E-state index in [9.17, 15) is 14.4 Å². The van der Waals surface area contributed by atoms with Gasteiger partial charge in [-0.15, -0.1) is 42.1 Å². The van der Waals surface area contributed by atoms with E-state index in [0.717, 1.165) is 56.8 Å². The zero-order valence-corrected chi connectivity index (χ0v) is 39.9. The van der Waals surface area contributed by atoms with Gasteiger partial charge >= 0.3 is 26.2 Å². The smallest absolute Gasteiger partial charge is 0.673 e. The molecule has 7 heteroatoms. The predicted molar refractivity (Wildman–Crippen MR) is 268 cm³/mol. The molecule has 9 aromatic rings. The SMILES string of the molecule is CC(=Nc1c(C)ccc2ccccc12)c1cccc(C(C)(Cc2ccccc2)[N-]c2c(C)ccc3ccccc23)n1.O=[C-]c1ccccc1.O=[C-]c1ccccc1.O=[C-]c1ccccc1.[Zr+4]. The van der Waals surface area contributed by atoms with Crippen molar-refractivity contribution in [3.05, 3.63) is 262 Å². The molecule has 0 saturated heterocycles. The van der Waals surface area contributed by atoms with Gasteiger partial charge in [0.1, 0.15) is 0 Å². The van der Waals surface area contributed by atoms with E-state index >= 15 is 0 Å². The van der Waals surface area contributed by atoms with Gasteiger partial charge in [-0.1, -0.05) is 145 Å². The quantitative estimate of drug-likeness (QED) is 0.101. The Balaban J connectivity index is 0.000000263. The van der Waals surface area contributed by atoms with Crippen molar-refractivity contribution in [1.29, 1.82) is 0 Å². The average Bonchev–Trinajstić information content (AvgIpc) is 3.37. The van der Waals surface area contributed by atoms with Crippen LogP contribution in [0, 0.1) is 13.8 Å². The molecule has 0 N–H and O–H groups in total. The first-order valence-corrected chi connectivity index (χ1v) is 21.3. The second-order valence-electron chi connectivity index (χ2n) is 15.5. The number of hydrogen-bond acceptors (Lipinski definition) is 5. The van der Waals surface area contributed by atoms with Crippen LogP contribution in [-0.2, 0) is 52.5 Å². The van der Waals surface area contributed by atoms with Gasteiger partial charge in [-0.25, -0.2) is 0 Å². The minimum Gasteiger partial charge on any atom is -0.673 e. The van der Waals surface area contributed by atoms with Gasteiger partial charge in [-0.2, -0.15) is 53.1 Å². The molecule has 0 radical (unpaired) electrons. The number of aryl methyl sites for hydroxylation is 2. The summed E-state index contributed by atoms with van der Waals surface area (Å²) in [5.41, 5.74) is 9.43. The minimum absolute atomic E-state index is 0. The van der Waals surface area contributed by atoms with E-state index in [-0.39, 0.29) is 26.2 Å². The van der Waals surface area contributed by atoms with Crippen molar-refractivity contribution in [2.45, 2.75) is 39.7 Å². The number of carbonyl (C=O) groups excluding carboxylic acids is 3. The van der Waals surface area contributed by atoms with Crippen LogP contribution in [0.3, 0.4) is 0 Å². The maximum absolute atomic E-state index is 9.88. The number of benzene rings is 8. The normalized spacial score (nSPS) is 11.4. The molecule has 66 heavy (non-hydrogen) atoms. The summed E-state index contributed by atoms with van der Waals surface area (Å²) >= 11 is 0. The van der Waals surface area contributed by atoms with Crippen molar-refractivity contribution in [3.8, 4) is 0 Å². The number of fused-ring (bicyclic) bond motifs is 2. The molecule has 1 heterocycles. The molecule has 0 saturated carbocycles. The molecule has 1 unspecified atom stereocenters. The minimum atomic E-state index is -0.595. The topological polar surface area (TPSA) is 90.6 Å². The van der Waals surface area contributed by atoms with E-state index in [1.54, 1.807) is 91.7 Å². The first kappa shape index (κ1) is 49.8. The molecule has 322 valence electrons. The van der Waals surface area contributed by atoms with Crippen LogP contribution in [0.25, 0.3) is 26.9 Å². The maximum atomic E-state index is 9.88. The van der Waals surface area contributed by atoms with Crippen LogP contribution in [0.1, 0.15) is 58.6 Å². The second-order valence-corrected chi connectivity index (χ2v) is 15.5. The average molecular weight is 939 g/mol. The Hall–Kier alpha value is -7.21. The third-order valence-corrected chi connectivity index (χ3v) is 10.6. The van der Waals surface area contributed by atoms with Crippen molar-refractivity contribution in [2.24, 2.45) is 4.99 Å². The summed E-state index contributed by atoms with van der Waals surface area (Å²) in [5.74, 6) is 0. The van der Waals surface area contributed by atoms with Gasteiger partial charge in [0, 0.05) is 11.1 Å². The van der Waals surface area contributed by atoms with Gasteiger partial charge in [0.05, 0.1) is 36.0 Å². The van der Waals surface area contributed by atoms with Crippen molar-refractivity contribution in [3.63, 3.8) is 0 Å². The van der Waals surface area contributed by atoms with Crippen molar-refractivity contribution in [1.82, 2.24) is 4.98 Å². The van der Waals surface area contributed by atoms with Crippen LogP contribution in [0.4, 0.5) is 11.4 Å². The van der Waals surface area contributed by atoms with E-state index in [1.165, 1.54) is 16.3 Å². The number of nitrogens with zero attached hydrogens (tertiary/aromatic N) is 3. The largest absolute Gasteiger partial charge is 4.00 e. The first-order valence-electron chi connectivity index (χ1n) is 21.3. The number of hydrogen-bond donors (Lipinski definition) is 0. The monoisotopic (exact) mass is 937 g/mol. The van der Waals surface area contributed by atoms with Gasteiger partial charge < -0.3 is 19.7 Å². The van der Waals surface area contributed by atoms with Gasteiger partial charge in [0.15, 0.2) is 0 Å². The summed E-state index contributed by atoms with van der Waals surface area (Å²) in [6.07, 6.45) is 6.06. The van der Waals surface area contributed by atoms with Crippen LogP contribution in [-0.4, -0.2) is 29.6 Å². The molecule has 0 fully saturated rings. The molecule has 9 rings (SSSR count). The predicted octanol–water partition coefficient (Wildman–Crippen LogP) is 13.7. The van der Waals surface area contributed by atoms with Crippen LogP contribution >= 0.6 is 0 Å². The summed E-state index contributed by atoms with van der Waals surface area (Å²) in [7, 11) is 0. The fraction of sp³-hybridized carbons (Fsp3) is 0.102. The molecule has 0 aliphatic heterocycles. The van der Waals surface area contributed by atoms with Crippen molar-refractivity contribution in [2.75, 3.05) is 0 Å². The number of aromatic nitrogens is 1. The fourth-order valence-electron chi connectivity index (χ4n) is 7.13. The van der Waals surface area contributed by atoms with E-state index in [0.29, 0.717) is 16.7 Å². The van der Waals surface area contributed by atoms with E-state index in [1.807, 2.05) is 25.1 Å². The summed E-state index contributed by atoms with van der Waals surface area (Å²) in [5, 5.41) is 10.2. The zero-order valence-electron chi connectivity index (χ0n) is 37.5. The number of aliphatic imine (C=N–C) groups is 1. The Morgan fingerprint density at radius 3 is 1.45 bits per heavy atom. The Kier molecular flexibility index (Phi) is 19.1. The van der Waals surface area contributed by atoms with Crippen molar-refractivity contribution < 1.29 is 40.6 Å². The molecular weight excluding hydrogens is 890 g/mol. The molecule has 0 aliphatic rings. The van der Waals surface area contributed by atoms with Gasteiger partial charge in [0.25, 0.3) is 0 Å². The van der Waals surface area contributed by atoms with Crippen LogP contribution in [0.2, 0.25) is 0 Å². The van der Waals surface area contributed by atoms with E-state index < -0.39 is 5.54 Å². The summed E-state index contributed by atoms with van der Waals surface area (Å²) in [6, 6.07) is 69.0. The third-order valence-electron chi connectivity index (χ3n) is 10.6. The van der Waals surface area contributed by atoms with Crippen LogP contribution < -0.4 is 0 Å². The standard InChI is InChI=1S/C38H34N3.3C7H5O.Zr/c1-26-21-23-30-15-8-10-17-32(30)36(26)39-28(3)34-19-12-20-35(40-34)38(4,25-29-13-6-5-7-14-29)41-37-27(2)22-24-31-16-9-11-18-33(31)37;3*8-6-7-4-2-1-3-5-7;/h5-24H,25H2,1-4H3;3*1-5H;/q4*-1;+4. The summed E-state index contributed by atoms with van der Waals surface area (Å²) < 4.78 is 0. The molecule has 0 bridgehead atoms. The van der Waals surface area contributed by atoms with E-state index in [2.05, 4.69) is 142 Å². The van der Waals surface area contributed by atoms with Gasteiger partial charge in [-0.3, -0.25) is 9.98 Å². The summed E-state index contributed by atoms with van der Waals surface area (Å²) in [6.45, 7) is 8.51. The zero-order chi connectivity index (χ0) is 45.9. The van der Waals surface area contributed by atoms with E-state index in [4.69, 9.17) is 15.3 Å². The molecule has 1 atom stereocenters. The van der Waals surface area contributed by atoms with Crippen molar-refractivity contribution >= 4 is 57.5 Å². The fourth-order valence-corrected chi connectivity index (χ4v) is 7.13. The van der Waals surface area contributed by atoms with Crippen LogP contribution in [0.5, 0.6) is 0 Å². The Morgan fingerprint density at radius 2 is 0.955 bits per heavy atom.